The Labute approximate surface area is 122 Å². The normalized spacial score (nSPS) is 10.7. The molecule has 0 saturated heterocycles. The summed E-state index contributed by atoms with van der Waals surface area (Å²) in [7, 11) is 6.18. The molecular weight excluding hydrogens is 311 g/mol. The Morgan fingerprint density at radius 1 is 0.941 bits per heavy atom. The molecule has 0 aliphatic heterocycles. The molecule has 2 nitrogen and oxygen atoms in total. The summed E-state index contributed by atoms with van der Waals surface area (Å²) in [6.07, 6.45) is 5.36. The minimum Gasteiger partial charge on any atom is -0.324 e. The van der Waals surface area contributed by atoms with Gasteiger partial charge in [-0.2, -0.15) is 0 Å². The highest BCUT2D eigenvalue weighted by Crippen LogP contribution is 2.37. The molecule has 0 radical (unpaired) electrons. The average Bonchev–Trinajstić information content (AvgIpc) is 2.36. The molecule has 0 aliphatic carbocycles. The Kier molecular flexibility index (Phi) is 16.6. The third-order valence-electron chi connectivity index (χ3n) is 1.26. The first-order valence-electron chi connectivity index (χ1n) is 5.36. The van der Waals surface area contributed by atoms with Crippen LogP contribution in [0.1, 0.15) is 13.8 Å². The highest BCUT2D eigenvalue weighted by atomic mass is 33.1. The van der Waals surface area contributed by atoms with Gasteiger partial charge >= 0.3 is 0 Å². The Morgan fingerprint density at radius 3 is 1.76 bits per heavy atom. The Bertz CT molecular complexity index is 187. The Morgan fingerprint density at radius 2 is 1.41 bits per heavy atom. The van der Waals surface area contributed by atoms with Crippen LogP contribution in [0.15, 0.2) is 0 Å². The van der Waals surface area contributed by atoms with E-state index in [2.05, 4.69) is 19.5 Å². The fourth-order valence-corrected chi connectivity index (χ4v) is 4.68. The van der Waals surface area contributed by atoms with E-state index >= 15 is 0 Å². The summed E-state index contributed by atoms with van der Waals surface area (Å²) in [6.45, 7) is 5.62. The third-order valence-corrected chi connectivity index (χ3v) is 7.19. The van der Waals surface area contributed by atoms with Crippen molar-refractivity contribution >= 4 is 51.6 Å². The predicted octanol–water partition coefficient (Wildman–Crippen LogP) is 4.72. The zero-order valence-corrected chi connectivity index (χ0v) is 14.4. The fourth-order valence-electron chi connectivity index (χ4n) is 0.705. The van der Waals surface area contributed by atoms with Gasteiger partial charge in [-0.1, -0.05) is 57.0 Å². The molecular formula is C10H19O2PS4. The van der Waals surface area contributed by atoms with Gasteiger partial charge in [0.15, 0.2) is 0 Å². The smallest absolute Gasteiger partial charge is 0.256 e. The van der Waals surface area contributed by atoms with Gasteiger partial charge in [0, 0.05) is 23.0 Å². The standard InChI is InChI=1S/C10H19O2PS4/c1-4-13(11-7-9-16-14-5-2)12-8-10-17-15-6-3/h1H,5-10H2,2-3H3. The van der Waals surface area contributed by atoms with E-state index in [9.17, 15) is 0 Å². The van der Waals surface area contributed by atoms with E-state index in [4.69, 9.17) is 15.5 Å². The van der Waals surface area contributed by atoms with E-state index in [-0.39, 0.29) is 0 Å². The summed E-state index contributed by atoms with van der Waals surface area (Å²) in [5, 5.41) is 0. The molecule has 0 aliphatic rings. The highest BCUT2D eigenvalue weighted by Gasteiger charge is 2.06. The summed E-state index contributed by atoms with van der Waals surface area (Å²) < 4.78 is 11.0. The molecule has 0 atom stereocenters. The van der Waals surface area contributed by atoms with Crippen LogP contribution < -0.4 is 0 Å². The van der Waals surface area contributed by atoms with Crippen LogP contribution in [0.5, 0.6) is 0 Å². The van der Waals surface area contributed by atoms with Crippen molar-refractivity contribution in [3.8, 4) is 12.1 Å². The minimum absolute atomic E-state index is 0.671. The molecule has 0 fully saturated rings. The average molecular weight is 331 g/mol. The predicted molar refractivity (Wildman–Crippen MR) is 88.8 cm³/mol. The lowest BCUT2D eigenvalue weighted by Crippen LogP contribution is -1.97. The molecule has 0 unspecified atom stereocenters. The van der Waals surface area contributed by atoms with Crippen LogP contribution in [-0.4, -0.2) is 36.2 Å². The SMILES string of the molecule is C#CP(OCCSSCC)OCCSSCC. The van der Waals surface area contributed by atoms with Gasteiger partial charge in [0.05, 0.1) is 13.2 Å². The second kappa shape index (κ2) is 15.4. The molecule has 0 aromatic carbocycles. The summed E-state index contributed by atoms with van der Waals surface area (Å²) in [5.74, 6) is 4.17. The maximum Gasteiger partial charge on any atom is 0.256 e. The molecule has 0 N–H and O–H groups in total. The lowest BCUT2D eigenvalue weighted by Gasteiger charge is -2.11. The first kappa shape index (κ1) is 18.3. The zero-order valence-electron chi connectivity index (χ0n) is 10.2. The Hall–Kier alpha value is 1.31. The molecule has 0 aromatic rings. The van der Waals surface area contributed by atoms with Gasteiger partial charge < -0.3 is 9.05 Å². The van der Waals surface area contributed by atoms with Crippen molar-refractivity contribution < 1.29 is 9.05 Å². The largest absolute Gasteiger partial charge is 0.324 e. The van der Waals surface area contributed by atoms with E-state index in [0.29, 0.717) is 13.2 Å². The van der Waals surface area contributed by atoms with Crippen molar-refractivity contribution in [2.24, 2.45) is 0 Å². The molecule has 100 valence electrons. The van der Waals surface area contributed by atoms with Gasteiger partial charge in [0.2, 0.25) is 0 Å². The van der Waals surface area contributed by atoms with Gasteiger partial charge in [0.1, 0.15) is 0 Å². The van der Waals surface area contributed by atoms with Gasteiger partial charge in [-0.15, -0.1) is 6.42 Å². The van der Waals surface area contributed by atoms with E-state index in [0.717, 1.165) is 23.0 Å². The molecule has 0 rings (SSSR count). The molecule has 7 heteroatoms. The van der Waals surface area contributed by atoms with Gasteiger partial charge in [-0.3, -0.25) is 0 Å². The van der Waals surface area contributed by atoms with Crippen LogP contribution in [0.4, 0.5) is 0 Å². The van der Waals surface area contributed by atoms with Crippen molar-refractivity contribution in [3.05, 3.63) is 0 Å². The van der Waals surface area contributed by atoms with Crippen molar-refractivity contribution in [1.82, 2.24) is 0 Å². The summed E-state index contributed by atoms with van der Waals surface area (Å²) in [4.78, 5) is 0. The maximum atomic E-state index is 5.50. The van der Waals surface area contributed by atoms with Crippen molar-refractivity contribution in [3.63, 3.8) is 0 Å². The van der Waals surface area contributed by atoms with Crippen LogP contribution in [0.2, 0.25) is 0 Å². The maximum absolute atomic E-state index is 5.50. The first-order chi connectivity index (χ1) is 8.35. The third kappa shape index (κ3) is 13.5. The number of hydrogen-bond acceptors (Lipinski definition) is 6. The molecule has 0 saturated carbocycles. The topological polar surface area (TPSA) is 18.5 Å². The monoisotopic (exact) mass is 330 g/mol. The van der Waals surface area contributed by atoms with E-state index in [1.54, 1.807) is 0 Å². The van der Waals surface area contributed by atoms with E-state index in [1.165, 1.54) is 0 Å². The molecule has 0 amide bonds. The highest BCUT2D eigenvalue weighted by molar-refractivity contribution is 8.77. The van der Waals surface area contributed by atoms with E-state index in [1.807, 2.05) is 43.2 Å². The fraction of sp³-hybridized carbons (Fsp3) is 0.800. The first-order valence-corrected chi connectivity index (χ1v) is 11.5. The van der Waals surface area contributed by atoms with Crippen LogP contribution in [-0.2, 0) is 9.05 Å². The van der Waals surface area contributed by atoms with Crippen molar-refractivity contribution in [2.45, 2.75) is 13.8 Å². The lowest BCUT2D eigenvalue weighted by molar-refractivity contribution is 0.282. The number of hydrogen-bond donors (Lipinski definition) is 0. The number of terminal acetylenes is 1. The molecule has 0 bridgehead atoms. The second-order valence-corrected chi connectivity index (χ2v) is 9.54. The zero-order chi connectivity index (χ0) is 12.8. The van der Waals surface area contributed by atoms with Gasteiger partial charge in [0.25, 0.3) is 8.38 Å². The number of rotatable bonds is 12. The van der Waals surface area contributed by atoms with Crippen LogP contribution in [0.3, 0.4) is 0 Å². The summed E-state index contributed by atoms with van der Waals surface area (Å²) in [5.41, 5.74) is 2.57. The lowest BCUT2D eigenvalue weighted by atomic mass is 10.9. The van der Waals surface area contributed by atoms with Gasteiger partial charge in [-0.25, -0.2) is 0 Å². The summed E-state index contributed by atoms with van der Waals surface area (Å²) >= 11 is 0. The molecule has 0 aromatic heterocycles. The van der Waals surface area contributed by atoms with Crippen LogP contribution in [0, 0.1) is 12.1 Å². The molecule has 17 heavy (non-hydrogen) atoms. The molecule has 0 spiro atoms. The quantitative estimate of drug-likeness (QED) is 0.221. The van der Waals surface area contributed by atoms with Crippen molar-refractivity contribution in [1.29, 1.82) is 0 Å². The van der Waals surface area contributed by atoms with Crippen LogP contribution >= 0.6 is 51.6 Å². The van der Waals surface area contributed by atoms with Crippen LogP contribution in [0.25, 0.3) is 0 Å². The summed E-state index contributed by atoms with van der Waals surface area (Å²) in [6, 6.07) is 0. The second-order valence-electron chi connectivity index (χ2n) is 2.51. The van der Waals surface area contributed by atoms with Gasteiger partial charge in [-0.05, 0) is 5.66 Å². The Balaban J connectivity index is 3.34. The molecule has 0 heterocycles. The van der Waals surface area contributed by atoms with Crippen molar-refractivity contribution in [2.75, 3.05) is 36.2 Å². The van der Waals surface area contributed by atoms with E-state index < -0.39 is 8.38 Å². The minimum atomic E-state index is -1.12.